The van der Waals surface area contributed by atoms with E-state index in [-0.39, 0.29) is 11.8 Å². The van der Waals surface area contributed by atoms with E-state index in [9.17, 15) is 9.59 Å². The predicted molar refractivity (Wildman–Crippen MR) is 105 cm³/mol. The van der Waals surface area contributed by atoms with Crippen molar-refractivity contribution < 1.29 is 9.59 Å². The van der Waals surface area contributed by atoms with Crippen molar-refractivity contribution in [2.24, 2.45) is 0 Å². The Labute approximate surface area is 155 Å². The molecule has 0 spiro atoms. The van der Waals surface area contributed by atoms with E-state index in [2.05, 4.69) is 6.92 Å². The molecule has 1 aliphatic heterocycles. The number of carbonyl (C=O) groups is 2. The first kappa shape index (κ1) is 22.0. The number of amides is 2. The van der Waals surface area contributed by atoms with Crippen molar-refractivity contribution in [1.29, 1.82) is 0 Å². The molecule has 1 fully saturated rings. The van der Waals surface area contributed by atoms with Gasteiger partial charge in [0.05, 0.1) is 0 Å². The Morgan fingerprint density at radius 1 is 0.600 bits per heavy atom. The second-order valence-electron chi connectivity index (χ2n) is 7.40. The van der Waals surface area contributed by atoms with Crippen LogP contribution in [-0.4, -0.2) is 47.8 Å². The zero-order valence-corrected chi connectivity index (χ0v) is 16.7. The van der Waals surface area contributed by atoms with Crippen LogP contribution in [0.5, 0.6) is 0 Å². The van der Waals surface area contributed by atoms with Gasteiger partial charge in [-0.1, -0.05) is 78.1 Å². The van der Waals surface area contributed by atoms with Gasteiger partial charge in [0, 0.05) is 39.0 Å². The van der Waals surface area contributed by atoms with Crippen LogP contribution < -0.4 is 0 Å². The molecule has 25 heavy (non-hydrogen) atoms. The molecule has 0 aromatic rings. The van der Waals surface area contributed by atoms with Crippen LogP contribution in [0.25, 0.3) is 0 Å². The van der Waals surface area contributed by atoms with Crippen LogP contribution in [0.2, 0.25) is 0 Å². The van der Waals surface area contributed by atoms with Crippen molar-refractivity contribution in [2.45, 2.75) is 97.3 Å². The summed E-state index contributed by atoms with van der Waals surface area (Å²) in [6.45, 7) is 6.99. The molecule has 0 aromatic heterocycles. The third-order valence-corrected chi connectivity index (χ3v) is 5.28. The van der Waals surface area contributed by atoms with E-state index < -0.39 is 0 Å². The standard InChI is InChI=1S/C21H40N2O2/c1-3-5-6-7-8-9-10-11-12-13-14-15-21(25)23-18-16-22(17-19-23)20(24)4-2/h3-19H2,1-2H3. The fourth-order valence-electron chi connectivity index (χ4n) is 3.53. The summed E-state index contributed by atoms with van der Waals surface area (Å²) >= 11 is 0. The summed E-state index contributed by atoms with van der Waals surface area (Å²) in [5.74, 6) is 0.483. The number of carbonyl (C=O) groups excluding carboxylic acids is 2. The molecule has 0 unspecified atom stereocenters. The van der Waals surface area contributed by atoms with E-state index in [0.717, 1.165) is 6.42 Å². The van der Waals surface area contributed by atoms with Crippen LogP contribution in [-0.2, 0) is 9.59 Å². The van der Waals surface area contributed by atoms with E-state index in [1.807, 2.05) is 16.7 Å². The predicted octanol–water partition coefficient (Wildman–Crippen LogP) is 4.77. The van der Waals surface area contributed by atoms with Gasteiger partial charge in [0.25, 0.3) is 0 Å². The molecule has 1 saturated heterocycles. The molecule has 0 N–H and O–H groups in total. The average molecular weight is 353 g/mol. The first-order chi connectivity index (χ1) is 12.2. The number of hydrogen-bond acceptors (Lipinski definition) is 2. The van der Waals surface area contributed by atoms with Crippen LogP contribution in [0.4, 0.5) is 0 Å². The molecule has 1 aliphatic rings. The summed E-state index contributed by atoms with van der Waals surface area (Å²) in [5.41, 5.74) is 0. The van der Waals surface area contributed by atoms with Crippen LogP contribution in [0.3, 0.4) is 0 Å². The van der Waals surface area contributed by atoms with Crippen LogP contribution in [0, 0.1) is 0 Å². The molecule has 2 amide bonds. The summed E-state index contributed by atoms with van der Waals surface area (Å²) in [7, 11) is 0. The highest BCUT2D eigenvalue weighted by Crippen LogP contribution is 2.13. The van der Waals surface area contributed by atoms with Gasteiger partial charge >= 0.3 is 0 Å². The maximum absolute atomic E-state index is 12.2. The van der Waals surface area contributed by atoms with Crippen molar-refractivity contribution in [3.05, 3.63) is 0 Å². The monoisotopic (exact) mass is 352 g/mol. The Morgan fingerprint density at radius 3 is 1.44 bits per heavy atom. The Balaban J connectivity index is 1.93. The van der Waals surface area contributed by atoms with E-state index in [0.29, 0.717) is 39.0 Å². The minimum absolute atomic E-state index is 0.206. The van der Waals surface area contributed by atoms with E-state index in [1.54, 1.807) is 0 Å². The molecular formula is C21H40N2O2. The second kappa shape index (κ2) is 14.1. The van der Waals surface area contributed by atoms with Crippen molar-refractivity contribution in [3.63, 3.8) is 0 Å². The summed E-state index contributed by atoms with van der Waals surface area (Å²) in [4.78, 5) is 27.7. The van der Waals surface area contributed by atoms with Crippen LogP contribution >= 0.6 is 0 Å². The fourth-order valence-corrected chi connectivity index (χ4v) is 3.53. The highest BCUT2D eigenvalue weighted by molar-refractivity contribution is 5.78. The Bertz CT molecular complexity index is 363. The molecule has 0 saturated carbocycles. The number of nitrogens with zero attached hydrogens (tertiary/aromatic N) is 2. The molecule has 0 aliphatic carbocycles. The first-order valence-electron chi connectivity index (χ1n) is 10.7. The number of unbranched alkanes of at least 4 members (excludes halogenated alkanes) is 10. The minimum Gasteiger partial charge on any atom is -0.339 e. The molecule has 4 heteroatoms. The number of rotatable bonds is 13. The van der Waals surface area contributed by atoms with Crippen molar-refractivity contribution in [3.8, 4) is 0 Å². The highest BCUT2D eigenvalue weighted by atomic mass is 16.2. The maximum Gasteiger partial charge on any atom is 0.222 e. The van der Waals surface area contributed by atoms with Crippen LogP contribution in [0.1, 0.15) is 97.3 Å². The molecule has 1 rings (SSSR count). The third-order valence-electron chi connectivity index (χ3n) is 5.28. The lowest BCUT2D eigenvalue weighted by Crippen LogP contribution is -2.50. The van der Waals surface area contributed by atoms with Gasteiger partial charge in [-0.2, -0.15) is 0 Å². The van der Waals surface area contributed by atoms with Gasteiger partial charge in [-0.15, -0.1) is 0 Å². The lowest BCUT2D eigenvalue weighted by Gasteiger charge is -2.34. The van der Waals surface area contributed by atoms with Crippen molar-refractivity contribution >= 4 is 11.8 Å². The van der Waals surface area contributed by atoms with E-state index in [4.69, 9.17) is 0 Å². The summed E-state index contributed by atoms with van der Waals surface area (Å²) in [5, 5.41) is 0. The molecular weight excluding hydrogens is 312 g/mol. The summed E-state index contributed by atoms with van der Waals surface area (Å²) in [6, 6.07) is 0. The van der Waals surface area contributed by atoms with Crippen molar-refractivity contribution in [2.75, 3.05) is 26.2 Å². The zero-order valence-electron chi connectivity index (χ0n) is 16.7. The third kappa shape index (κ3) is 9.86. The maximum atomic E-state index is 12.2. The molecule has 0 radical (unpaired) electrons. The largest absolute Gasteiger partial charge is 0.339 e. The second-order valence-corrected chi connectivity index (χ2v) is 7.40. The van der Waals surface area contributed by atoms with Gasteiger partial charge in [-0.25, -0.2) is 0 Å². The molecule has 0 aromatic carbocycles. The molecule has 0 bridgehead atoms. The Morgan fingerprint density at radius 2 is 1.00 bits per heavy atom. The average Bonchev–Trinajstić information content (AvgIpc) is 2.65. The SMILES string of the molecule is CCCCCCCCCCCCCC(=O)N1CCN(C(=O)CC)CC1. The summed E-state index contributed by atoms with van der Waals surface area (Å²) < 4.78 is 0. The number of hydrogen-bond donors (Lipinski definition) is 0. The number of piperazine rings is 1. The van der Waals surface area contributed by atoms with Crippen LogP contribution in [0.15, 0.2) is 0 Å². The van der Waals surface area contributed by atoms with Gasteiger partial charge in [0.15, 0.2) is 0 Å². The lowest BCUT2D eigenvalue weighted by molar-refractivity contribution is -0.139. The topological polar surface area (TPSA) is 40.6 Å². The lowest BCUT2D eigenvalue weighted by atomic mass is 10.1. The van der Waals surface area contributed by atoms with Gasteiger partial charge in [-0.3, -0.25) is 9.59 Å². The van der Waals surface area contributed by atoms with E-state index >= 15 is 0 Å². The normalized spacial score (nSPS) is 14.8. The first-order valence-corrected chi connectivity index (χ1v) is 10.7. The van der Waals surface area contributed by atoms with Gasteiger partial charge in [0.1, 0.15) is 0 Å². The van der Waals surface area contributed by atoms with Gasteiger partial charge < -0.3 is 9.80 Å². The quantitative estimate of drug-likeness (QED) is 0.448. The van der Waals surface area contributed by atoms with Crippen molar-refractivity contribution in [1.82, 2.24) is 9.80 Å². The highest BCUT2D eigenvalue weighted by Gasteiger charge is 2.22. The Hall–Kier alpha value is -1.06. The minimum atomic E-state index is 0.206. The zero-order chi connectivity index (χ0) is 18.3. The summed E-state index contributed by atoms with van der Waals surface area (Å²) in [6.07, 6.45) is 15.7. The molecule has 1 heterocycles. The van der Waals surface area contributed by atoms with E-state index in [1.165, 1.54) is 64.2 Å². The fraction of sp³-hybridized carbons (Fsp3) is 0.905. The van der Waals surface area contributed by atoms with Gasteiger partial charge in [0.2, 0.25) is 11.8 Å². The molecule has 0 atom stereocenters. The van der Waals surface area contributed by atoms with Gasteiger partial charge in [-0.05, 0) is 6.42 Å². The smallest absolute Gasteiger partial charge is 0.222 e. The Kier molecular flexibility index (Phi) is 12.4. The molecule has 4 nitrogen and oxygen atoms in total. The molecule has 146 valence electrons.